The van der Waals surface area contributed by atoms with E-state index >= 15 is 0 Å². The predicted octanol–water partition coefficient (Wildman–Crippen LogP) is 18.1. The van der Waals surface area contributed by atoms with Crippen molar-refractivity contribution in [2.24, 2.45) is 0 Å². The van der Waals surface area contributed by atoms with Crippen LogP contribution in [0, 0.1) is 0 Å². The van der Waals surface area contributed by atoms with Gasteiger partial charge in [0.2, 0.25) is 0 Å². The van der Waals surface area contributed by atoms with Crippen molar-refractivity contribution in [2.75, 3.05) is 4.90 Å². The topological polar surface area (TPSA) is 3.24 Å². The average molecular weight is 914 g/mol. The molecule has 1 heteroatoms. The monoisotopic (exact) mass is 913 g/mol. The molecular formula is C70H59N. The van der Waals surface area contributed by atoms with Gasteiger partial charge in [-0.15, -0.1) is 0 Å². The van der Waals surface area contributed by atoms with E-state index in [0.29, 0.717) is 0 Å². The van der Waals surface area contributed by atoms with Gasteiger partial charge in [-0.05, 0) is 125 Å². The highest BCUT2D eigenvalue weighted by atomic mass is 15.1. The van der Waals surface area contributed by atoms with Gasteiger partial charge in [0.25, 0.3) is 0 Å². The van der Waals surface area contributed by atoms with Crippen LogP contribution < -0.4 is 4.90 Å². The molecule has 2 unspecified atom stereocenters. The van der Waals surface area contributed by atoms with Crippen molar-refractivity contribution in [2.45, 2.75) is 63.2 Å². The second-order valence-electron chi connectivity index (χ2n) is 21.7. The molecule has 0 saturated heterocycles. The molecule has 10 aromatic carbocycles. The summed E-state index contributed by atoms with van der Waals surface area (Å²) in [5.41, 5.74) is 22.6. The Morgan fingerprint density at radius 1 is 0.282 bits per heavy atom. The van der Waals surface area contributed by atoms with Crippen molar-refractivity contribution in [1.29, 1.82) is 0 Å². The Kier molecular flexibility index (Phi) is 10.5. The number of hydrogen-bond acceptors (Lipinski definition) is 1. The van der Waals surface area contributed by atoms with Gasteiger partial charge in [0, 0.05) is 16.9 Å². The van der Waals surface area contributed by atoms with Crippen LogP contribution in [0.15, 0.2) is 249 Å². The quantitative estimate of drug-likeness (QED) is 0.147. The second-order valence-corrected chi connectivity index (χ2v) is 21.7. The smallest absolute Gasteiger partial charge is 0.0714 e. The summed E-state index contributed by atoms with van der Waals surface area (Å²) in [6.07, 6.45) is 0. The minimum absolute atomic E-state index is 0.0256. The average Bonchev–Trinajstić information content (AvgIpc) is 3.87. The lowest BCUT2D eigenvalue weighted by Gasteiger charge is -2.36. The van der Waals surface area contributed by atoms with Gasteiger partial charge in [0.1, 0.15) is 0 Å². The number of nitrogens with zero attached hydrogens (tertiary/aromatic N) is 1. The summed E-state index contributed by atoms with van der Waals surface area (Å²) in [6.45, 7) is 13.8. The zero-order valence-corrected chi connectivity index (χ0v) is 41.6. The lowest BCUT2D eigenvalue weighted by Crippen LogP contribution is -2.29. The molecule has 0 spiro atoms. The van der Waals surface area contributed by atoms with Crippen LogP contribution in [0.4, 0.5) is 17.1 Å². The third-order valence-electron chi connectivity index (χ3n) is 15.6. The van der Waals surface area contributed by atoms with E-state index in [1.165, 1.54) is 89.0 Å². The van der Waals surface area contributed by atoms with Gasteiger partial charge in [-0.2, -0.15) is 0 Å². The molecule has 344 valence electrons. The first-order chi connectivity index (χ1) is 34.5. The molecule has 10 aromatic rings. The zero-order chi connectivity index (χ0) is 48.5. The Bertz CT molecular complexity index is 3580. The molecule has 0 radical (unpaired) electrons. The number of para-hydroxylation sites is 1. The van der Waals surface area contributed by atoms with E-state index in [0.717, 1.165) is 17.1 Å². The Morgan fingerprint density at radius 3 is 1.20 bits per heavy atom. The summed E-state index contributed by atoms with van der Waals surface area (Å²) in [6, 6.07) is 93.8. The zero-order valence-electron chi connectivity index (χ0n) is 41.6. The van der Waals surface area contributed by atoms with E-state index in [-0.39, 0.29) is 10.8 Å². The highest BCUT2D eigenvalue weighted by Crippen LogP contribution is 2.60. The third-order valence-corrected chi connectivity index (χ3v) is 15.6. The summed E-state index contributed by atoms with van der Waals surface area (Å²) in [7, 11) is 0. The van der Waals surface area contributed by atoms with Crippen molar-refractivity contribution in [3.8, 4) is 33.4 Å². The molecule has 0 fully saturated rings. The first-order valence-corrected chi connectivity index (χ1v) is 25.3. The Balaban J connectivity index is 1.13. The number of anilines is 3. The van der Waals surface area contributed by atoms with Gasteiger partial charge in [-0.25, -0.2) is 0 Å². The second kappa shape index (κ2) is 16.9. The van der Waals surface area contributed by atoms with Crippen LogP contribution in [-0.4, -0.2) is 0 Å². The molecule has 2 atom stereocenters. The predicted molar refractivity (Wildman–Crippen MR) is 299 cm³/mol. The van der Waals surface area contributed by atoms with Crippen LogP contribution in [0.1, 0.15) is 97.2 Å². The van der Waals surface area contributed by atoms with Crippen LogP contribution in [0.2, 0.25) is 0 Å². The van der Waals surface area contributed by atoms with Gasteiger partial charge >= 0.3 is 0 Å². The highest BCUT2D eigenvalue weighted by molar-refractivity contribution is 5.95. The van der Waals surface area contributed by atoms with Crippen molar-refractivity contribution in [3.63, 3.8) is 0 Å². The fourth-order valence-corrected chi connectivity index (χ4v) is 12.2. The maximum atomic E-state index is 2.52. The van der Waals surface area contributed by atoms with Crippen LogP contribution in [0.5, 0.6) is 0 Å². The molecule has 12 rings (SSSR count). The number of fused-ring (bicyclic) bond motifs is 6. The molecule has 2 aliphatic rings. The maximum absolute atomic E-state index is 2.52. The molecule has 0 amide bonds. The Labute approximate surface area is 420 Å². The highest BCUT2D eigenvalue weighted by Gasteiger charge is 2.48. The fraction of sp³-hybridized carbons (Fsp3) is 0.143. The van der Waals surface area contributed by atoms with Crippen molar-refractivity contribution >= 4 is 17.1 Å². The Morgan fingerprint density at radius 2 is 0.662 bits per heavy atom. The van der Waals surface area contributed by atoms with Gasteiger partial charge in [-0.3, -0.25) is 0 Å². The minimum Gasteiger partial charge on any atom is -0.310 e. The van der Waals surface area contributed by atoms with Crippen LogP contribution >= 0.6 is 0 Å². The molecule has 0 heterocycles. The normalized spacial score (nSPS) is 16.7. The molecule has 2 aliphatic carbocycles. The van der Waals surface area contributed by atoms with E-state index in [1.807, 2.05) is 0 Å². The summed E-state index contributed by atoms with van der Waals surface area (Å²) in [5.74, 6) is 0. The summed E-state index contributed by atoms with van der Waals surface area (Å²) in [4.78, 5) is 2.52. The van der Waals surface area contributed by atoms with Crippen molar-refractivity contribution in [1.82, 2.24) is 0 Å². The van der Waals surface area contributed by atoms with Crippen LogP contribution in [0.3, 0.4) is 0 Å². The van der Waals surface area contributed by atoms with E-state index in [9.17, 15) is 0 Å². The van der Waals surface area contributed by atoms with E-state index in [4.69, 9.17) is 0 Å². The standard InChI is InChI=1S/C70H59N/c1-67(2,3)49-34-38-53(39-35-49)69(51-24-12-8-13-25-51)63-32-20-17-30-59(63)61-46-55(43-45-64(61)69)71(66-33-21-18-28-57(66)48-22-10-7-11-23-48)56-42-44-60-58-29-16-19-31-62(58)70(65(60)47-56,52-26-14-9-15-27-52)54-40-36-50(37-41-54)68(4,5)6/h7-47H,1-6H3. The molecular weight excluding hydrogens is 855 g/mol. The fourth-order valence-electron chi connectivity index (χ4n) is 12.2. The SMILES string of the molecule is CC(C)(C)c1ccc(C2(c3ccccc3)c3ccccc3-c3cc(N(c4ccc5c(c4)C(c4ccccc4)(c4ccc(C(C)(C)C)cc4)c4ccccc4-5)c4ccccc4-c4ccccc4)ccc32)cc1. The van der Waals surface area contributed by atoms with E-state index in [2.05, 4.69) is 295 Å². The summed E-state index contributed by atoms with van der Waals surface area (Å²) >= 11 is 0. The van der Waals surface area contributed by atoms with Crippen molar-refractivity contribution < 1.29 is 0 Å². The molecule has 0 N–H and O–H groups in total. The third kappa shape index (κ3) is 6.97. The molecule has 71 heavy (non-hydrogen) atoms. The van der Waals surface area contributed by atoms with Gasteiger partial charge in [0.15, 0.2) is 0 Å². The number of rotatable bonds is 8. The minimum atomic E-state index is -0.571. The molecule has 0 saturated carbocycles. The molecule has 0 bridgehead atoms. The van der Waals surface area contributed by atoms with Crippen LogP contribution in [0.25, 0.3) is 33.4 Å². The Hall–Kier alpha value is -8.00. The summed E-state index contributed by atoms with van der Waals surface area (Å²) < 4.78 is 0. The van der Waals surface area contributed by atoms with Gasteiger partial charge in [-0.1, -0.05) is 260 Å². The maximum Gasteiger partial charge on any atom is 0.0714 e. The lowest BCUT2D eigenvalue weighted by atomic mass is 9.67. The van der Waals surface area contributed by atoms with Gasteiger partial charge < -0.3 is 4.90 Å². The van der Waals surface area contributed by atoms with Gasteiger partial charge in [0.05, 0.1) is 16.5 Å². The number of hydrogen-bond donors (Lipinski definition) is 0. The molecule has 0 aliphatic heterocycles. The lowest BCUT2D eigenvalue weighted by molar-refractivity contribution is 0.589. The van der Waals surface area contributed by atoms with E-state index < -0.39 is 10.8 Å². The molecule has 1 nitrogen and oxygen atoms in total. The number of benzene rings is 10. The largest absolute Gasteiger partial charge is 0.310 e. The van der Waals surface area contributed by atoms with E-state index in [1.54, 1.807) is 0 Å². The van der Waals surface area contributed by atoms with Crippen molar-refractivity contribution in [3.05, 3.63) is 304 Å². The first-order valence-electron chi connectivity index (χ1n) is 25.3. The molecule has 0 aromatic heterocycles. The van der Waals surface area contributed by atoms with Crippen LogP contribution in [-0.2, 0) is 21.7 Å². The summed E-state index contributed by atoms with van der Waals surface area (Å²) in [5, 5.41) is 0. The first kappa shape index (κ1) is 44.2.